The lowest BCUT2D eigenvalue weighted by Crippen LogP contribution is -2.20. The van der Waals surface area contributed by atoms with Gasteiger partial charge in [0, 0.05) is 0 Å². The van der Waals surface area contributed by atoms with Crippen LogP contribution in [-0.2, 0) is 6.42 Å². The van der Waals surface area contributed by atoms with Crippen molar-refractivity contribution >= 4 is 11.6 Å². The topological polar surface area (TPSA) is 12.0 Å². The number of benzene rings is 1. The maximum Gasteiger partial charge on any atom is 0.141 e. The van der Waals surface area contributed by atoms with Crippen LogP contribution in [0.5, 0.6) is 0 Å². The molecular weight excluding hydrogens is 213 g/mol. The molecule has 1 unspecified atom stereocenters. The highest BCUT2D eigenvalue weighted by Crippen LogP contribution is 2.19. The smallest absolute Gasteiger partial charge is 0.141 e. The van der Waals surface area contributed by atoms with Gasteiger partial charge in [-0.15, -0.1) is 0 Å². The Balaban J connectivity index is 2.66. The maximum absolute atomic E-state index is 12.9. The molecule has 15 heavy (non-hydrogen) atoms. The molecule has 1 atom stereocenters. The summed E-state index contributed by atoms with van der Waals surface area (Å²) >= 11 is 5.73. The third kappa shape index (κ3) is 3.80. The Morgan fingerprint density at radius 2 is 2.20 bits per heavy atom. The Hall–Kier alpha value is -0.600. The lowest BCUT2D eigenvalue weighted by atomic mass is 9.97. The lowest BCUT2D eigenvalue weighted by Gasteiger charge is -2.14. The fourth-order valence-electron chi connectivity index (χ4n) is 1.65. The van der Waals surface area contributed by atoms with Crippen LogP contribution in [0, 0.1) is 11.7 Å². The van der Waals surface area contributed by atoms with Gasteiger partial charge < -0.3 is 5.32 Å². The fourth-order valence-corrected chi connectivity index (χ4v) is 1.85. The molecule has 1 aromatic carbocycles. The van der Waals surface area contributed by atoms with Gasteiger partial charge in [-0.25, -0.2) is 4.39 Å². The van der Waals surface area contributed by atoms with E-state index in [9.17, 15) is 4.39 Å². The first kappa shape index (κ1) is 12.5. The second kappa shape index (κ2) is 6.09. The maximum atomic E-state index is 12.9. The van der Waals surface area contributed by atoms with Crippen molar-refractivity contribution < 1.29 is 4.39 Å². The van der Waals surface area contributed by atoms with Crippen molar-refractivity contribution in [1.82, 2.24) is 5.32 Å². The van der Waals surface area contributed by atoms with Gasteiger partial charge in [-0.1, -0.05) is 31.0 Å². The van der Waals surface area contributed by atoms with Crippen molar-refractivity contribution in [1.29, 1.82) is 0 Å². The molecule has 0 aliphatic heterocycles. The Bertz CT molecular complexity index is 314. The molecule has 0 aromatic heterocycles. The molecule has 1 nitrogen and oxygen atoms in total. The second-order valence-corrected chi connectivity index (χ2v) is 4.19. The van der Waals surface area contributed by atoms with Gasteiger partial charge in [0.25, 0.3) is 0 Å². The standard InChI is InChI=1S/C12H17ClFN/c1-3-9(8-15-2)6-10-4-5-12(14)11(13)7-10/h4-5,7,9,15H,3,6,8H2,1-2H3. The predicted molar refractivity (Wildman–Crippen MR) is 62.8 cm³/mol. The Labute approximate surface area is 95.6 Å². The van der Waals surface area contributed by atoms with Crippen LogP contribution in [0.2, 0.25) is 5.02 Å². The Kier molecular flexibility index (Phi) is 5.06. The summed E-state index contributed by atoms with van der Waals surface area (Å²) in [7, 11) is 1.94. The van der Waals surface area contributed by atoms with Crippen molar-refractivity contribution in [3.8, 4) is 0 Å². The van der Waals surface area contributed by atoms with E-state index in [4.69, 9.17) is 11.6 Å². The largest absolute Gasteiger partial charge is 0.319 e. The molecule has 1 aromatic rings. The minimum atomic E-state index is -0.345. The average molecular weight is 230 g/mol. The van der Waals surface area contributed by atoms with Crippen LogP contribution in [0.4, 0.5) is 4.39 Å². The number of halogens is 2. The van der Waals surface area contributed by atoms with Gasteiger partial charge in [0.1, 0.15) is 5.82 Å². The highest BCUT2D eigenvalue weighted by molar-refractivity contribution is 6.30. The number of hydrogen-bond acceptors (Lipinski definition) is 1. The second-order valence-electron chi connectivity index (χ2n) is 3.78. The molecule has 0 heterocycles. The molecule has 1 rings (SSSR count). The third-order valence-electron chi connectivity index (χ3n) is 2.58. The van der Waals surface area contributed by atoms with Crippen LogP contribution in [0.25, 0.3) is 0 Å². The number of nitrogens with one attached hydrogen (secondary N) is 1. The lowest BCUT2D eigenvalue weighted by molar-refractivity contribution is 0.481. The molecule has 0 spiro atoms. The van der Waals surface area contributed by atoms with Crippen LogP contribution in [0.15, 0.2) is 18.2 Å². The summed E-state index contributed by atoms with van der Waals surface area (Å²) in [6, 6.07) is 4.96. The zero-order valence-corrected chi connectivity index (χ0v) is 9.94. The van der Waals surface area contributed by atoms with Gasteiger partial charge >= 0.3 is 0 Å². The minimum Gasteiger partial charge on any atom is -0.319 e. The van der Waals surface area contributed by atoms with Crippen molar-refractivity contribution in [3.05, 3.63) is 34.6 Å². The molecule has 0 radical (unpaired) electrons. The van der Waals surface area contributed by atoms with Crippen molar-refractivity contribution in [2.24, 2.45) is 5.92 Å². The Morgan fingerprint density at radius 3 is 2.73 bits per heavy atom. The van der Waals surface area contributed by atoms with E-state index in [0.29, 0.717) is 5.92 Å². The molecule has 0 amide bonds. The van der Waals surface area contributed by atoms with E-state index >= 15 is 0 Å². The molecule has 0 aliphatic rings. The summed E-state index contributed by atoms with van der Waals surface area (Å²) in [5, 5.41) is 3.37. The zero-order valence-electron chi connectivity index (χ0n) is 9.19. The summed E-state index contributed by atoms with van der Waals surface area (Å²) in [5.41, 5.74) is 1.10. The first-order valence-electron chi connectivity index (χ1n) is 5.25. The predicted octanol–water partition coefficient (Wildman–Crippen LogP) is 3.27. The average Bonchev–Trinajstić information content (AvgIpc) is 2.23. The SMILES string of the molecule is CCC(CNC)Cc1ccc(F)c(Cl)c1. The molecule has 0 saturated carbocycles. The monoisotopic (exact) mass is 229 g/mol. The molecule has 0 aliphatic carbocycles. The van der Waals surface area contributed by atoms with Crippen LogP contribution in [-0.4, -0.2) is 13.6 Å². The summed E-state index contributed by atoms with van der Waals surface area (Å²) in [6.45, 7) is 3.14. The van der Waals surface area contributed by atoms with Crippen molar-refractivity contribution in [2.75, 3.05) is 13.6 Å². The first-order chi connectivity index (χ1) is 7.17. The van der Waals surface area contributed by atoms with Crippen LogP contribution in [0.3, 0.4) is 0 Å². The molecular formula is C12H17ClFN. The zero-order chi connectivity index (χ0) is 11.3. The Morgan fingerprint density at radius 1 is 1.47 bits per heavy atom. The quantitative estimate of drug-likeness (QED) is 0.817. The van der Waals surface area contributed by atoms with Gasteiger partial charge in [0.2, 0.25) is 0 Å². The van der Waals surface area contributed by atoms with Crippen molar-refractivity contribution in [3.63, 3.8) is 0 Å². The molecule has 3 heteroatoms. The molecule has 1 N–H and O–H groups in total. The molecule has 0 fully saturated rings. The highest BCUT2D eigenvalue weighted by atomic mass is 35.5. The van der Waals surface area contributed by atoms with E-state index in [1.165, 1.54) is 6.07 Å². The normalized spacial score (nSPS) is 12.8. The van der Waals surface area contributed by atoms with E-state index in [1.54, 1.807) is 12.1 Å². The van der Waals surface area contributed by atoms with Gasteiger partial charge in [-0.05, 0) is 43.6 Å². The molecule has 0 bridgehead atoms. The first-order valence-corrected chi connectivity index (χ1v) is 5.63. The fraction of sp³-hybridized carbons (Fsp3) is 0.500. The van der Waals surface area contributed by atoms with Crippen LogP contribution < -0.4 is 5.32 Å². The van der Waals surface area contributed by atoms with E-state index < -0.39 is 0 Å². The number of hydrogen-bond donors (Lipinski definition) is 1. The third-order valence-corrected chi connectivity index (χ3v) is 2.87. The summed E-state index contributed by atoms with van der Waals surface area (Å²) in [4.78, 5) is 0. The van der Waals surface area contributed by atoms with Crippen molar-refractivity contribution in [2.45, 2.75) is 19.8 Å². The van der Waals surface area contributed by atoms with E-state index in [-0.39, 0.29) is 10.8 Å². The summed E-state index contributed by atoms with van der Waals surface area (Å²) in [5.74, 6) is 0.235. The molecule has 0 saturated heterocycles. The summed E-state index contributed by atoms with van der Waals surface area (Å²) < 4.78 is 12.9. The molecule has 84 valence electrons. The van der Waals surface area contributed by atoms with Gasteiger partial charge in [-0.2, -0.15) is 0 Å². The highest BCUT2D eigenvalue weighted by Gasteiger charge is 2.08. The summed E-state index contributed by atoms with van der Waals surface area (Å²) in [6.07, 6.45) is 2.05. The van der Waals surface area contributed by atoms with E-state index in [0.717, 1.165) is 24.9 Å². The minimum absolute atomic E-state index is 0.215. The van der Waals surface area contributed by atoms with Gasteiger partial charge in [-0.3, -0.25) is 0 Å². The van der Waals surface area contributed by atoms with Gasteiger partial charge in [0.05, 0.1) is 5.02 Å². The van der Waals surface area contributed by atoms with E-state index in [1.807, 2.05) is 7.05 Å². The van der Waals surface area contributed by atoms with Crippen LogP contribution >= 0.6 is 11.6 Å². The van der Waals surface area contributed by atoms with E-state index in [2.05, 4.69) is 12.2 Å². The van der Waals surface area contributed by atoms with Gasteiger partial charge in [0.15, 0.2) is 0 Å². The van der Waals surface area contributed by atoms with Crippen LogP contribution in [0.1, 0.15) is 18.9 Å². The number of rotatable bonds is 5.